The molecule has 0 aliphatic rings. The third-order valence-electron chi connectivity index (χ3n) is 3.31. The highest BCUT2D eigenvalue weighted by Gasteiger charge is 2.14. The minimum absolute atomic E-state index is 0.362. The third kappa shape index (κ3) is 4.47. The number of carbonyl (C=O) groups is 2. The van der Waals surface area contributed by atoms with E-state index in [4.69, 9.17) is 0 Å². The molecule has 0 saturated heterocycles. The largest absolute Gasteiger partial charge is 0.329 e. The number of rotatable bonds is 3. The lowest BCUT2D eigenvalue weighted by Gasteiger charge is -2.09. The summed E-state index contributed by atoms with van der Waals surface area (Å²) in [5.41, 5.74) is 5.20. The molecular formula is C17H16FN3O2. The Hall–Kier alpha value is -3.02. The van der Waals surface area contributed by atoms with E-state index in [0.717, 1.165) is 11.1 Å². The van der Waals surface area contributed by atoms with Crippen molar-refractivity contribution < 1.29 is 14.0 Å². The molecule has 0 atom stereocenters. The number of anilines is 1. The molecule has 118 valence electrons. The van der Waals surface area contributed by atoms with Crippen LogP contribution in [0.1, 0.15) is 16.7 Å². The molecule has 0 aliphatic heterocycles. The summed E-state index contributed by atoms with van der Waals surface area (Å²) >= 11 is 0. The van der Waals surface area contributed by atoms with Gasteiger partial charge in [0.15, 0.2) is 0 Å². The summed E-state index contributed by atoms with van der Waals surface area (Å²) in [6.07, 6.45) is 1.32. The minimum Gasteiger partial charge on any atom is -0.317 e. The zero-order chi connectivity index (χ0) is 16.8. The molecule has 0 aromatic heterocycles. The number of aryl methyl sites for hydroxylation is 1. The van der Waals surface area contributed by atoms with Gasteiger partial charge in [-0.3, -0.25) is 9.59 Å². The lowest BCUT2D eigenvalue weighted by molar-refractivity contribution is -0.136. The quantitative estimate of drug-likeness (QED) is 0.519. The highest BCUT2D eigenvalue weighted by atomic mass is 19.1. The molecule has 23 heavy (non-hydrogen) atoms. The topological polar surface area (TPSA) is 70.6 Å². The molecule has 2 aromatic rings. The van der Waals surface area contributed by atoms with Crippen molar-refractivity contribution >= 4 is 23.7 Å². The smallest absolute Gasteiger partial charge is 0.317 e. The average Bonchev–Trinajstić information content (AvgIpc) is 2.53. The van der Waals surface area contributed by atoms with Crippen LogP contribution in [-0.4, -0.2) is 18.0 Å². The highest BCUT2D eigenvalue weighted by molar-refractivity contribution is 6.39. The van der Waals surface area contributed by atoms with Gasteiger partial charge in [-0.15, -0.1) is 0 Å². The second kappa shape index (κ2) is 7.31. The number of nitrogens with one attached hydrogen (secondary N) is 2. The summed E-state index contributed by atoms with van der Waals surface area (Å²) in [6, 6.07) is 11.0. The van der Waals surface area contributed by atoms with Gasteiger partial charge in [-0.25, -0.2) is 9.82 Å². The Kier molecular flexibility index (Phi) is 5.19. The summed E-state index contributed by atoms with van der Waals surface area (Å²) < 4.78 is 12.7. The van der Waals surface area contributed by atoms with Gasteiger partial charge in [0.25, 0.3) is 0 Å². The van der Waals surface area contributed by atoms with Gasteiger partial charge >= 0.3 is 11.8 Å². The van der Waals surface area contributed by atoms with E-state index < -0.39 is 11.8 Å². The van der Waals surface area contributed by atoms with Crippen molar-refractivity contribution in [2.75, 3.05) is 5.32 Å². The maximum atomic E-state index is 12.7. The number of hydrogen-bond acceptors (Lipinski definition) is 3. The lowest BCUT2D eigenvalue weighted by atomic mass is 10.1. The van der Waals surface area contributed by atoms with E-state index in [0.29, 0.717) is 11.3 Å². The molecule has 0 radical (unpaired) electrons. The van der Waals surface area contributed by atoms with E-state index in [2.05, 4.69) is 15.8 Å². The highest BCUT2D eigenvalue weighted by Crippen LogP contribution is 2.17. The second-order valence-corrected chi connectivity index (χ2v) is 4.95. The molecule has 2 rings (SSSR count). The van der Waals surface area contributed by atoms with Crippen LogP contribution in [-0.2, 0) is 9.59 Å². The van der Waals surface area contributed by atoms with Crippen LogP contribution in [0, 0.1) is 19.7 Å². The molecule has 0 spiro atoms. The Morgan fingerprint density at radius 2 is 1.74 bits per heavy atom. The normalized spacial score (nSPS) is 10.6. The van der Waals surface area contributed by atoms with Crippen LogP contribution >= 0.6 is 0 Å². The van der Waals surface area contributed by atoms with Crippen LogP contribution in [0.4, 0.5) is 10.1 Å². The maximum absolute atomic E-state index is 12.7. The molecule has 5 nitrogen and oxygen atoms in total. The predicted octanol–water partition coefficient (Wildman–Crippen LogP) is 2.53. The first-order chi connectivity index (χ1) is 11.0. The van der Waals surface area contributed by atoms with Gasteiger partial charge in [-0.2, -0.15) is 5.10 Å². The van der Waals surface area contributed by atoms with Gasteiger partial charge in [-0.1, -0.05) is 24.3 Å². The average molecular weight is 313 g/mol. The lowest BCUT2D eigenvalue weighted by Crippen LogP contribution is -2.32. The standard InChI is InChI=1S/C17H16FN3O2/c1-11-4-3-5-15(12(11)2)20-16(22)17(23)21-19-10-13-6-8-14(18)9-7-13/h3-10H,1-2H3,(H,20,22)(H,21,23). The zero-order valence-electron chi connectivity index (χ0n) is 12.8. The first-order valence-corrected chi connectivity index (χ1v) is 6.93. The second-order valence-electron chi connectivity index (χ2n) is 4.95. The number of hydrogen-bond donors (Lipinski definition) is 2. The number of amides is 2. The number of benzene rings is 2. The van der Waals surface area contributed by atoms with Crippen molar-refractivity contribution in [3.63, 3.8) is 0 Å². The minimum atomic E-state index is -0.885. The molecule has 2 N–H and O–H groups in total. The van der Waals surface area contributed by atoms with Crippen molar-refractivity contribution in [3.05, 3.63) is 65.0 Å². The summed E-state index contributed by atoms with van der Waals surface area (Å²) in [5.74, 6) is -2.06. The van der Waals surface area contributed by atoms with Crippen LogP contribution in [0.25, 0.3) is 0 Å². The molecule has 0 unspecified atom stereocenters. The molecule has 6 heteroatoms. The van der Waals surface area contributed by atoms with Gasteiger partial charge < -0.3 is 5.32 Å². The maximum Gasteiger partial charge on any atom is 0.329 e. The molecule has 0 heterocycles. The van der Waals surface area contributed by atoms with Crippen molar-refractivity contribution in [2.24, 2.45) is 5.10 Å². The number of carbonyl (C=O) groups excluding carboxylic acids is 2. The Morgan fingerprint density at radius 1 is 1.04 bits per heavy atom. The van der Waals surface area contributed by atoms with Gasteiger partial charge in [0.1, 0.15) is 5.82 Å². The van der Waals surface area contributed by atoms with Crippen LogP contribution < -0.4 is 10.7 Å². The Labute approximate surface area is 133 Å². The van der Waals surface area contributed by atoms with E-state index in [9.17, 15) is 14.0 Å². The molecule has 0 bridgehead atoms. The number of halogens is 1. The van der Waals surface area contributed by atoms with Crippen LogP contribution in [0.2, 0.25) is 0 Å². The first-order valence-electron chi connectivity index (χ1n) is 6.93. The summed E-state index contributed by atoms with van der Waals surface area (Å²) in [5, 5.41) is 6.20. The fourth-order valence-electron chi connectivity index (χ4n) is 1.83. The molecular weight excluding hydrogens is 297 g/mol. The zero-order valence-corrected chi connectivity index (χ0v) is 12.8. The number of nitrogens with zero attached hydrogens (tertiary/aromatic N) is 1. The summed E-state index contributed by atoms with van der Waals surface area (Å²) in [7, 11) is 0. The van der Waals surface area contributed by atoms with E-state index in [-0.39, 0.29) is 5.82 Å². The number of hydrazone groups is 1. The van der Waals surface area contributed by atoms with E-state index >= 15 is 0 Å². The van der Waals surface area contributed by atoms with Crippen molar-refractivity contribution in [1.29, 1.82) is 0 Å². The molecule has 0 fully saturated rings. The van der Waals surface area contributed by atoms with Gasteiger partial charge in [0.05, 0.1) is 6.21 Å². The van der Waals surface area contributed by atoms with Crippen molar-refractivity contribution in [1.82, 2.24) is 5.43 Å². The first kappa shape index (κ1) is 16.4. The van der Waals surface area contributed by atoms with E-state index in [1.165, 1.54) is 30.5 Å². The van der Waals surface area contributed by atoms with Crippen LogP contribution in [0.15, 0.2) is 47.6 Å². The summed E-state index contributed by atoms with van der Waals surface area (Å²) in [6.45, 7) is 3.77. The molecule has 2 amide bonds. The van der Waals surface area contributed by atoms with E-state index in [1.54, 1.807) is 12.1 Å². The van der Waals surface area contributed by atoms with Gasteiger partial charge in [0.2, 0.25) is 0 Å². The fourth-order valence-corrected chi connectivity index (χ4v) is 1.83. The van der Waals surface area contributed by atoms with Gasteiger partial charge in [-0.05, 0) is 48.7 Å². The molecule has 2 aromatic carbocycles. The van der Waals surface area contributed by atoms with Crippen molar-refractivity contribution in [3.8, 4) is 0 Å². The fraction of sp³-hybridized carbons (Fsp3) is 0.118. The SMILES string of the molecule is Cc1cccc(NC(=O)C(=O)NN=Cc2ccc(F)cc2)c1C. The Bertz CT molecular complexity index is 755. The van der Waals surface area contributed by atoms with Crippen LogP contribution in [0.5, 0.6) is 0 Å². The van der Waals surface area contributed by atoms with Gasteiger partial charge in [0, 0.05) is 5.69 Å². The Balaban J connectivity index is 1.94. The Morgan fingerprint density at radius 3 is 2.43 bits per heavy atom. The predicted molar refractivity (Wildman–Crippen MR) is 86.7 cm³/mol. The molecule has 0 saturated carbocycles. The van der Waals surface area contributed by atoms with E-state index in [1.807, 2.05) is 19.9 Å². The van der Waals surface area contributed by atoms with Crippen molar-refractivity contribution in [2.45, 2.75) is 13.8 Å². The third-order valence-corrected chi connectivity index (χ3v) is 3.31. The molecule has 0 aliphatic carbocycles. The van der Waals surface area contributed by atoms with Crippen LogP contribution in [0.3, 0.4) is 0 Å². The summed E-state index contributed by atoms with van der Waals surface area (Å²) in [4.78, 5) is 23.5. The monoisotopic (exact) mass is 313 g/mol.